The van der Waals surface area contributed by atoms with Gasteiger partial charge in [-0.3, -0.25) is 4.98 Å². The zero-order valence-electron chi connectivity index (χ0n) is 15.4. The Kier molecular flexibility index (Phi) is 5.69. The Morgan fingerprint density at radius 2 is 2.04 bits per heavy atom. The van der Waals surface area contributed by atoms with Crippen LogP contribution in [0.5, 0.6) is 0 Å². The first-order chi connectivity index (χ1) is 12.4. The van der Waals surface area contributed by atoms with Gasteiger partial charge in [-0.15, -0.1) is 0 Å². The van der Waals surface area contributed by atoms with Gasteiger partial charge in [0.2, 0.25) is 0 Å². The highest BCUT2D eigenvalue weighted by molar-refractivity contribution is 5.06. The molecule has 138 valence electrons. The van der Waals surface area contributed by atoms with Crippen molar-refractivity contribution in [3.05, 3.63) is 30.1 Å². The summed E-state index contributed by atoms with van der Waals surface area (Å²) < 4.78 is 12.2. The van der Waals surface area contributed by atoms with E-state index in [2.05, 4.69) is 16.0 Å². The maximum atomic E-state index is 6.33. The topological polar surface area (TPSA) is 34.6 Å². The monoisotopic (exact) mass is 344 g/mol. The smallest absolute Gasteiger partial charge is 0.0736 e. The molecule has 1 saturated carbocycles. The van der Waals surface area contributed by atoms with Crippen LogP contribution in [-0.4, -0.2) is 47.8 Å². The summed E-state index contributed by atoms with van der Waals surface area (Å²) in [7, 11) is 0. The first kappa shape index (κ1) is 17.4. The van der Waals surface area contributed by atoms with E-state index in [1.165, 1.54) is 58.0 Å². The highest BCUT2D eigenvalue weighted by Crippen LogP contribution is 2.43. The van der Waals surface area contributed by atoms with Gasteiger partial charge in [-0.05, 0) is 56.1 Å². The predicted octanol–water partition coefficient (Wildman–Crippen LogP) is 3.80. The molecule has 0 bridgehead atoms. The van der Waals surface area contributed by atoms with Crippen molar-refractivity contribution in [2.75, 3.05) is 26.3 Å². The minimum atomic E-state index is 0.146. The Morgan fingerprint density at radius 3 is 2.80 bits per heavy atom. The fraction of sp³-hybridized carbons (Fsp3) is 0.762. The largest absolute Gasteiger partial charge is 0.377 e. The average molecular weight is 344 g/mol. The predicted molar refractivity (Wildman–Crippen MR) is 98.4 cm³/mol. The Morgan fingerprint density at radius 1 is 1.20 bits per heavy atom. The minimum Gasteiger partial charge on any atom is -0.377 e. The number of hydrogen-bond donors (Lipinski definition) is 0. The van der Waals surface area contributed by atoms with Gasteiger partial charge >= 0.3 is 0 Å². The van der Waals surface area contributed by atoms with Crippen molar-refractivity contribution < 1.29 is 9.47 Å². The second-order valence-electron chi connectivity index (χ2n) is 8.08. The van der Waals surface area contributed by atoms with Crippen LogP contribution in [0.3, 0.4) is 0 Å². The molecule has 0 N–H and O–H groups in total. The lowest BCUT2D eigenvalue weighted by Crippen LogP contribution is -2.50. The number of rotatable bonds is 6. The second kappa shape index (κ2) is 8.15. The van der Waals surface area contributed by atoms with Crippen molar-refractivity contribution in [1.82, 2.24) is 9.88 Å². The fourth-order valence-corrected chi connectivity index (χ4v) is 5.18. The Hall–Kier alpha value is -0.970. The van der Waals surface area contributed by atoms with Crippen molar-refractivity contribution >= 4 is 0 Å². The van der Waals surface area contributed by atoms with Crippen LogP contribution in [0.1, 0.15) is 56.9 Å². The lowest BCUT2D eigenvalue weighted by Gasteiger charge is -2.44. The van der Waals surface area contributed by atoms with Crippen molar-refractivity contribution in [1.29, 1.82) is 0 Å². The van der Waals surface area contributed by atoms with E-state index in [4.69, 9.17) is 9.47 Å². The molecular formula is C21H32N2O2. The third kappa shape index (κ3) is 4.07. The molecule has 0 radical (unpaired) electrons. The average Bonchev–Trinajstić information content (AvgIpc) is 3.32. The zero-order chi connectivity index (χ0) is 17.0. The van der Waals surface area contributed by atoms with Crippen LogP contribution >= 0.6 is 0 Å². The summed E-state index contributed by atoms with van der Waals surface area (Å²) in [6.45, 7) is 4.91. The number of aromatic nitrogens is 1. The zero-order valence-corrected chi connectivity index (χ0v) is 15.4. The molecular weight excluding hydrogens is 312 g/mol. The maximum Gasteiger partial charge on any atom is 0.0736 e. The van der Waals surface area contributed by atoms with Gasteiger partial charge in [0.25, 0.3) is 0 Å². The van der Waals surface area contributed by atoms with Crippen LogP contribution in [0.25, 0.3) is 0 Å². The number of piperidine rings is 1. The number of hydrogen-bond acceptors (Lipinski definition) is 4. The minimum absolute atomic E-state index is 0.146. The molecule has 2 aliphatic heterocycles. The van der Waals surface area contributed by atoms with Gasteiger partial charge < -0.3 is 14.4 Å². The molecule has 1 aromatic rings. The van der Waals surface area contributed by atoms with E-state index in [0.29, 0.717) is 12.5 Å². The van der Waals surface area contributed by atoms with Crippen LogP contribution < -0.4 is 0 Å². The summed E-state index contributed by atoms with van der Waals surface area (Å²) in [6.07, 6.45) is 14.2. The van der Waals surface area contributed by atoms with Gasteiger partial charge in [-0.25, -0.2) is 0 Å². The number of pyridine rings is 1. The third-order valence-corrected chi connectivity index (χ3v) is 6.69. The van der Waals surface area contributed by atoms with Crippen LogP contribution in [0.2, 0.25) is 0 Å². The SMILES string of the molecule is c1cncc(COCCC2CCOC23CCN(C2CCCC2)CC3)c1. The van der Waals surface area contributed by atoms with Gasteiger partial charge in [0.05, 0.1) is 12.2 Å². The summed E-state index contributed by atoms with van der Waals surface area (Å²) >= 11 is 0. The lowest BCUT2D eigenvalue weighted by molar-refractivity contribution is -0.0777. The molecule has 0 aromatic carbocycles. The van der Waals surface area contributed by atoms with Crippen molar-refractivity contribution in [2.45, 2.75) is 69.6 Å². The molecule has 1 aliphatic carbocycles. The quantitative estimate of drug-likeness (QED) is 0.735. The molecule has 2 saturated heterocycles. The van der Waals surface area contributed by atoms with Crippen LogP contribution in [0.15, 0.2) is 24.5 Å². The molecule has 3 fully saturated rings. The van der Waals surface area contributed by atoms with E-state index in [9.17, 15) is 0 Å². The molecule has 1 unspecified atom stereocenters. The molecule has 25 heavy (non-hydrogen) atoms. The van der Waals surface area contributed by atoms with E-state index in [-0.39, 0.29) is 5.60 Å². The number of ether oxygens (including phenoxy) is 2. The fourth-order valence-electron chi connectivity index (χ4n) is 5.18. The first-order valence-electron chi connectivity index (χ1n) is 10.2. The second-order valence-corrected chi connectivity index (χ2v) is 8.08. The van der Waals surface area contributed by atoms with Gasteiger partial charge in [0.15, 0.2) is 0 Å². The summed E-state index contributed by atoms with van der Waals surface area (Å²) in [5.41, 5.74) is 1.30. The summed E-state index contributed by atoms with van der Waals surface area (Å²) in [6, 6.07) is 4.91. The molecule has 1 aromatic heterocycles. The molecule has 4 nitrogen and oxygen atoms in total. The standard InChI is InChI=1S/C21H32N2O2/c1-2-6-20(5-1)23-12-9-21(10-13-23)19(8-15-25-21)7-14-24-17-18-4-3-11-22-16-18/h3-4,11,16,19-20H,1-2,5-10,12-15,17H2. The maximum absolute atomic E-state index is 6.33. The van der Waals surface area contributed by atoms with E-state index in [1.807, 2.05) is 12.3 Å². The van der Waals surface area contributed by atoms with Crippen LogP contribution in [-0.2, 0) is 16.1 Å². The van der Waals surface area contributed by atoms with Gasteiger partial charge in [-0.2, -0.15) is 0 Å². The highest BCUT2D eigenvalue weighted by Gasteiger charge is 2.46. The molecule has 4 rings (SSSR count). The summed E-state index contributed by atoms with van der Waals surface area (Å²) in [5.74, 6) is 0.673. The molecule has 3 aliphatic rings. The first-order valence-corrected chi connectivity index (χ1v) is 10.2. The van der Waals surface area contributed by atoms with Crippen LogP contribution in [0, 0.1) is 5.92 Å². The van der Waals surface area contributed by atoms with Crippen molar-refractivity contribution in [2.24, 2.45) is 5.92 Å². The molecule has 4 heteroatoms. The number of likely N-dealkylation sites (tertiary alicyclic amines) is 1. The molecule has 0 amide bonds. The van der Waals surface area contributed by atoms with E-state index in [1.54, 1.807) is 6.20 Å². The van der Waals surface area contributed by atoms with Crippen LogP contribution in [0.4, 0.5) is 0 Å². The highest BCUT2D eigenvalue weighted by atomic mass is 16.5. The Labute approximate surface area is 151 Å². The summed E-state index contributed by atoms with van der Waals surface area (Å²) in [5, 5.41) is 0. The number of nitrogens with zero attached hydrogens (tertiary/aromatic N) is 2. The van der Waals surface area contributed by atoms with Crippen molar-refractivity contribution in [3.8, 4) is 0 Å². The third-order valence-electron chi connectivity index (χ3n) is 6.69. The molecule has 3 heterocycles. The van der Waals surface area contributed by atoms with Gasteiger partial charge in [0, 0.05) is 44.7 Å². The lowest BCUT2D eigenvalue weighted by atomic mass is 9.78. The Bertz CT molecular complexity index is 522. The van der Waals surface area contributed by atoms with E-state index < -0.39 is 0 Å². The van der Waals surface area contributed by atoms with Gasteiger partial charge in [-0.1, -0.05) is 18.9 Å². The normalized spacial score (nSPS) is 27.3. The van der Waals surface area contributed by atoms with Crippen molar-refractivity contribution in [3.63, 3.8) is 0 Å². The molecule has 1 spiro atoms. The van der Waals surface area contributed by atoms with E-state index in [0.717, 1.165) is 31.2 Å². The van der Waals surface area contributed by atoms with Gasteiger partial charge in [0.1, 0.15) is 0 Å². The summed E-state index contributed by atoms with van der Waals surface area (Å²) in [4.78, 5) is 6.89. The molecule has 1 atom stereocenters. The Balaban J connectivity index is 1.23. The van der Waals surface area contributed by atoms with E-state index >= 15 is 0 Å².